The van der Waals surface area contributed by atoms with Crippen molar-refractivity contribution in [2.45, 2.75) is 38.3 Å². The third kappa shape index (κ3) is 6.22. The second kappa shape index (κ2) is 11.4. The van der Waals surface area contributed by atoms with E-state index in [-0.39, 0.29) is 29.2 Å². The molecule has 2 atom stereocenters. The molecule has 1 aliphatic rings. The van der Waals surface area contributed by atoms with Crippen LogP contribution in [0.25, 0.3) is 5.65 Å². The Kier molecular flexibility index (Phi) is 7.97. The SMILES string of the molecule is Cc1cn2nc(C3CCCCN3C(=O)c3cc(Cl)ccc3NS(C)(=O)=O)cc2nc1NCC(N)c1ccccc1. The number of nitrogens with zero attached hydrogens (tertiary/aromatic N) is 4. The summed E-state index contributed by atoms with van der Waals surface area (Å²) < 4.78 is 28.0. The molecule has 2 aromatic carbocycles. The number of amides is 1. The number of piperidine rings is 1. The Hall–Kier alpha value is -3.67. The molecule has 10 nitrogen and oxygen atoms in total. The third-order valence-electron chi connectivity index (χ3n) is 6.98. The van der Waals surface area contributed by atoms with Crippen LogP contribution in [0.5, 0.6) is 0 Å². The number of aromatic nitrogens is 3. The maximum atomic E-state index is 13.8. The van der Waals surface area contributed by atoms with Crippen LogP contribution in [-0.4, -0.2) is 53.2 Å². The van der Waals surface area contributed by atoms with Gasteiger partial charge in [0, 0.05) is 42.0 Å². The summed E-state index contributed by atoms with van der Waals surface area (Å²) >= 11 is 6.20. The van der Waals surface area contributed by atoms with E-state index >= 15 is 0 Å². The maximum absolute atomic E-state index is 13.8. The number of hydrogen-bond donors (Lipinski definition) is 3. The molecule has 0 spiro atoms. The largest absolute Gasteiger partial charge is 0.368 e. The van der Waals surface area contributed by atoms with Gasteiger partial charge in [0.15, 0.2) is 5.65 Å². The number of likely N-dealkylation sites (tertiary alicyclic amines) is 1. The minimum absolute atomic E-state index is 0.186. The quantitative estimate of drug-likeness (QED) is 0.278. The molecule has 40 heavy (non-hydrogen) atoms. The van der Waals surface area contributed by atoms with Gasteiger partial charge in [-0.15, -0.1) is 0 Å². The molecule has 0 saturated carbocycles. The molecule has 0 bridgehead atoms. The highest BCUT2D eigenvalue weighted by molar-refractivity contribution is 7.92. The van der Waals surface area contributed by atoms with Crippen LogP contribution >= 0.6 is 11.6 Å². The molecule has 3 heterocycles. The number of carbonyl (C=O) groups is 1. The van der Waals surface area contributed by atoms with Crippen LogP contribution in [0.4, 0.5) is 11.5 Å². The van der Waals surface area contributed by atoms with Crippen molar-refractivity contribution in [1.82, 2.24) is 19.5 Å². The number of sulfonamides is 1. The summed E-state index contributed by atoms with van der Waals surface area (Å²) in [5, 5.41) is 8.48. The Morgan fingerprint density at radius 1 is 1.18 bits per heavy atom. The van der Waals surface area contributed by atoms with E-state index in [1.807, 2.05) is 49.5 Å². The lowest BCUT2D eigenvalue weighted by molar-refractivity contribution is 0.0607. The number of fused-ring (bicyclic) bond motifs is 1. The highest BCUT2D eigenvalue weighted by Gasteiger charge is 2.32. The minimum atomic E-state index is -3.60. The lowest BCUT2D eigenvalue weighted by atomic mass is 9.98. The van der Waals surface area contributed by atoms with Gasteiger partial charge in [-0.25, -0.2) is 17.9 Å². The molecule has 1 saturated heterocycles. The van der Waals surface area contributed by atoms with Crippen molar-refractivity contribution < 1.29 is 13.2 Å². The lowest BCUT2D eigenvalue weighted by Crippen LogP contribution is -2.39. The van der Waals surface area contributed by atoms with Gasteiger partial charge in [-0.05, 0) is 49.9 Å². The first kappa shape index (κ1) is 27.9. The number of rotatable bonds is 8. The van der Waals surface area contributed by atoms with E-state index in [4.69, 9.17) is 27.4 Å². The summed E-state index contributed by atoms with van der Waals surface area (Å²) in [4.78, 5) is 20.3. The van der Waals surface area contributed by atoms with Crippen LogP contribution in [0.3, 0.4) is 0 Å². The fraction of sp³-hybridized carbons (Fsp3) is 0.321. The zero-order chi connectivity index (χ0) is 28.4. The van der Waals surface area contributed by atoms with Gasteiger partial charge >= 0.3 is 0 Å². The fourth-order valence-corrected chi connectivity index (χ4v) is 5.76. The molecular formula is C28H32ClN7O3S. The van der Waals surface area contributed by atoms with E-state index in [2.05, 4.69) is 10.0 Å². The Morgan fingerprint density at radius 2 is 1.95 bits per heavy atom. The first-order chi connectivity index (χ1) is 19.1. The van der Waals surface area contributed by atoms with Gasteiger partial charge in [-0.3, -0.25) is 9.52 Å². The van der Waals surface area contributed by atoms with Crippen LogP contribution < -0.4 is 15.8 Å². The van der Waals surface area contributed by atoms with Gasteiger partial charge < -0.3 is 16.0 Å². The molecule has 0 radical (unpaired) electrons. The number of carbonyl (C=O) groups excluding carboxylic acids is 1. The Balaban J connectivity index is 1.41. The minimum Gasteiger partial charge on any atom is -0.368 e. The number of halogens is 1. The second-order valence-electron chi connectivity index (χ2n) is 10.1. The zero-order valence-corrected chi connectivity index (χ0v) is 23.9. The Morgan fingerprint density at radius 3 is 2.70 bits per heavy atom. The summed E-state index contributed by atoms with van der Waals surface area (Å²) in [7, 11) is -3.60. The van der Waals surface area contributed by atoms with Crippen molar-refractivity contribution in [2.75, 3.05) is 29.4 Å². The van der Waals surface area contributed by atoms with Crippen LogP contribution in [0, 0.1) is 6.92 Å². The first-order valence-electron chi connectivity index (χ1n) is 13.1. The standard InChI is InChI=1S/C28H32ClN7O3S/c1-18-17-36-26(32-27(18)31-16-22(30)19-8-4-3-5-9-19)15-24(33-36)25-10-6-7-13-35(25)28(37)21-14-20(29)11-12-23(21)34-40(2,38)39/h3-5,8-9,11-12,14-15,17,22,25,34H,6-7,10,13,16,30H2,1-2H3,(H,31,32). The molecule has 1 aliphatic heterocycles. The van der Waals surface area contributed by atoms with Crippen LogP contribution in [0.1, 0.15) is 58.5 Å². The molecule has 5 rings (SSSR count). The number of anilines is 2. The molecule has 4 aromatic rings. The van der Waals surface area contributed by atoms with Crippen molar-refractivity contribution in [3.05, 3.63) is 88.2 Å². The van der Waals surface area contributed by atoms with E-state index in [9.17, 15) is 13.2 Å². The van der Waals surface area contributed by atoms with Crippen molar-refractivity contribution in [1.29, 1.82) is 0 Å². The summed E-state index contributed by atoms with van der Waals surface area (Å²) in [6, 6.07) is 15.9. The maximum Gasteiger partial charge on any atom is 0.256 e. The normalized spacial score (nSPS) is 16.6. The van der Waals surface area contributed by atoms with E-state index in [0.717, 1.165) is 48.2 Å². The van der Waals surface area contributed by atoms with E-state index in [1.165, 1.54) is 12.1 Å². The van der Waals surface area contributed by atoms with Gasteiger partial charge in [-0.2, -0.15) is 5.10 Å². The molecule has 1 fully saturated rings. The molecule has 210 valence electrons. The highest BCUT2D eigenvalue weighted by atomic mass is 35.5. The van der Waals surface area contributed by atoms with Crippen molar-refractivity contribution in [3.63, 3.8) is 0 Å². The fourth-order valence-electron chi connectivity index (χ4n) is 5.01. The average Bonchev–Trinajstić information content (AvgIpc) is 3.34. The molecule has 1 amide bonds. The van der Waals surface area contributed by atoms with Crippen LogP contribution in [-0.2, 0) is 10.0 Å². The van der Waals surface area contributed by atoms with E-state index in [1.54, 1.807) is 15.5 Å². The first-order valence-corrected chi connectivity index (χ1v) is 15.4. The van der Waals surface area contributed by atoms with Gasteiger partial charge in [0.2, 0.25) is 10.0 Å². The number of nitrogens with two attached hydrogens (primary N) is 1. The van der Waals surface area contributed by atoms with E-state index < -0.39 is 10.0 Å². The molecule has 0 aliphatic carbocycles. The van der Waals surface area contributed by atoms with Gasteiger partial charge in [0.1, 0.15) is 5.82 Å². The molecule has 12 heteroatoms. The van der Waals surface area contributed by atoms with E-state index in [0.29, 0.717) is 23.8 Å². The third-order valence-corrected chi connectivity index (χ3v) is 7.81. The van der Waals surface area contributed by atoms with Crippen molar-refractivity contribution >= 4 is 44.7 Å². The molecule has 2 aromatic heterocycles. The molecule has 4 N–H and O–H groups in total. The van der Waals surface area contributed by atoms with Crippen LogP contribution in [0.15, 0.2) is 60.8 Å². The monoisotopic (exact) mass is 581 g/mol. The van der Waals surface area contributed by atoms with Gasteiger partial charge in [0.25, 0.3) is 5.91 Å². The average molecular weight is 582 g/mol. The summed E-state index contributed by atoms with van der Waals surface area (Å²) in [5.41, 5.74) is 10.1. The number of hydrogen-bond acceptors (Lipinski definition) is 7. The lowest BCUT2D eigenvalue weighted by Gasteiger charge is -2.35. The molecule has 2 unspecified atom stereocenters. The number of benzene rings is 2. The Labute approximate surface area is 238 Å². The Bertz CT molecular complexity index is 1640. The number of nitrogens with one attached hydrogen (secondary N) is 2. The number of aryl methyl sites for hydroxylation is 1. The highest BCUT2D eigenvalue weighted by Crippen LogP contribution is 2.34. The topological polar surface area (TPSA) is 135 Å². The predicted octanol–water partition coefficient (Wildman–Crippen LogP) is 4.54. The zero-order valence-electron chi connectivity index (χ0n) is 22.3. The summed E-state index contributed by atoms with van der Waals surface area (Å²) in [6.45, 7) is 2.98. The predicted molar refractivity (Wildman–Crippen MR) is 157 cm³/mol. The van der Waals surface area contributed by atoms with Crippen LogP contribution in [0.2, 0.25) is 5.02 Å². The second-order valence-corrected chi connectivity index (χ2v) is 12.3. The summed E-state index contributed by atoms with van der Waals surface area (Å²) in [5.74, 6) is 0.411. The van der Waals surface area contributed by atoms with Gasteiger partial charge in [-0.1, -0.05) is 41.9 Å². The van der Waals surface area contributed by atoms with Gasteiger partial charge in [0.05, 0.1) is 29.2 Å². The van der Waals surface area contributed by atoms with Crippen molar-refractivity contribution in [3.8, 4) is 0 Å². The smallest absolute Gasteiger partial charge is 0.256 e. The summed E-state index contributed by atoms with van der Waals surface area (Å²) in [6.07, 6.45) is 5.44. The molecular weight excluding hydrogens is 550 g/mol. The van der Waals surface area contributed by atoms with Crippen molar-refractivity contribution in [2.24, 2.45) is 5.73 Å².